The van der Waals surface area contributed by atoms with Crippen LogP contribution in [0.3, 0.4) is 0 Å². The summed E-state index contributed by atoms with van der Waals surface area (Å²) < 4.78 is 26.9. The number of benzene rings is 1. The maximum atomic E-state index is 12.6. The number of hydrogen-bond donors (Lipinski definition) is 1. The Morgan fingerprint density at radius 3 is 2.56 bits per heavy atom. The van der Waals surface area contributed by atoms with Gasteiger partial charge in [0.1, 0.15) is 0 Å². The highest BCUT2D eigenvalue weighted by molar-refractivity contribution is 7.88. The zero-order chi connectivity index (χ0) is 18.7. The summed E-state index contributed by atoms with van der Waals surface area (Å²) in [6, 6.07) is 13.2. The predicted octanol–water partition coefficient (Wildman–Crippen LogP) is 0.0896. The first-order chi connectivity index (χ1) is 13.1. The molecule has 142 valence electrons. The first-order valence-electron chi connectivity index (χ1n) is 8.77. The van der Waals surface area contributed by atoms with Crippen molar-refractivity contribution in [3.8, 4) is 10.7 Å². The highest BCUT2D eigenvalue weighted by atomic mass is 32.2. The maximum absolute atomic E-state index is 12.6. The van der Waals surface area contributed by atoms with Gasteiger partial charge in [-0.05, 0) is 22.2 Å². The van der Waals surface area contributed by atoms with Crippen molar-refractivity contribution < 1.29 is 13.3 Å². The van der Waals surface area contributed by atoms with Gasteiger partial charge in [0, 0.05) is 0 Å². The van der Waals surface area contributed by atoms with Gasteiger partial charge < -0.3 is 4.90 Å². The van der Waals surface area contributed by atoms with Crippen molar-refractivity contribution in [2.45, 2.75) is 12.4 Å². The van der Waals surface area contributed by atoms with Crippen LogP contribution in [0, 0.1) is 0 Å². The Hall–Kier alpha value is -2.14. The lowest BCUT2D eigenvalue weighted by Crippen LogP contribution is -3.14. The van der Waals surface area contributed by atoms with Crippen molar-refractivity contribution in [3.05, 3.63) is 53.4 Å². The minimum atomic E-state index is -3.29. The third kappa shape index (κ3) is 4.41. The molecule has 1 fully saturated rings. The quantitative estimate of drug-likeness (QED) is 0.628. The summed E-state index contributed by atoms with van der Waals surface area (Å²) in [6.45, 7) is 3.06. The molecule has 0 radical (unpaired) electrons. The molecule has 0 amide bonds. The number of aromatic nitrogens is 4. The van der Waals surface area contributed by atoms with E-state index in [0.717, 1.165) is 23.5 Å². The number of sulfonamides is 1. The van der Waals surface area contributed by atoms with Crippen LogP contribution in [0.2, 0.25) is 0 Å². The van der Waals surface area contributed by atoms with Gasteiger partial charge in [-0.1, -0.05) is 36.4 Å². The fourth-order valence-electron chi connectivity index (χ4n) is 3.13. The van der Waals surface area contributed by atoms with E-state index in [2.05, 4.69) is 15.4 Å². The largest absolute Gasteiger partial charge is 0.313 e. The van der Waals surface area contributed by atoms with Gasteiger partial charge in [-0.3, -0.25) is 0 Å². The fourth-order valence-corrected chi connectivity index (χ4v) is 5.31. The number of quaternary nitrogens is 1. The number of nitrogens with one attached hydrogen (secondary N) is 1. The van der Waals surface area contributed by atoms with Crippen LogP contribution >= 0.6 is 11.3 Å². The Labute approximate surface area is 162 Å². The number of piperazine rings is 1. The summed E-state index contributed by atoms with van der Waals surface area (Å²) in [7, 11) is -3.29. The molecule has 1 aliphatic heterocycles. The van der Waals surface area contributed by atoms with Crippen molar-refractivity contribution in [3.63, 3.8) is 0 Å². The highest BCUT2D eigenvalue weighted by Crippen LogP contribution is 2.19. The summed E-state index contributed by atoms with van der Waals surface area (Å²) in [4.78, 5) is 3.84. The molecule has 0 saturated carbocycles. The van der Waals surface area contributed by atoms with Gasteiger partial charge in [-0.25, -0.2) is 8.42 Å². The Bertz CT molecular complexity index is 964. The van der Waals surface area contributed by atoms with Crippen molar-refractivity contribution in [2.24, 2.45) is 0 Å². The molecule has 0 spiro atoms. The zero-order valence-electron chi connectivity index (χ0n) is 14.7. The molecule has 0 unspecified atom stereocenters. The van der Waals surface area contributed by atoms with Crippen LogP contribution in [0.25, 0.3) is 10.7 Å². The lowest BCUT2D eigenvalue weighted by Gasteiger charge is -2.31. The monoisotopic (exact) mass is 405 g/mol. The van der Waals surface area contributed by atoms with Crippen molar-refractivity contribution in [2.75, 3.05) is 26.2 Å². The number of rotatable bonds is 6. The van der Waals surface area contributed by atoms with Crippen molar-refractivity contribution in [1.29, 1.82) is 0 Å². The smallest absolute Gasteiger partial charge is 0.218 e. The van der Waals surface area contributed by atoms with Crippen molar-refractivity contribution in [1.82, 2.24) is 24.5 Å². The minimum Gasteiger partial charge on any atom is -0.313 e. The van der Waals surface area contributed by atoms with Gasteiger partial charge in [-0.15, -0.1) is 26.3 Å². The number of tetrazole rings is 1. The average molecular weight is 406 g/mol. The van der Waals surface area contributed by atoms with E-state index in [-0.39, 0.29) is 5.75 Å². The van der Waals surface area contributed by atoms with Crippen LogP contribution in [0.15, 0.2) is 47.8 Å². The van der Waals surface area contributed by atoms with Gasteiger partial charge >= 0.3 is 0 Å². The van der Waals surface area contributed by atoms with Crippen LogP contribution in [0.4, 0.5) is 0 Å². The summed E-state index contributed by atoms with van der Waals surface area (Å²) in [5.74, 6) is 0.686. The molecule has 1 N–H and O–H groups in total. The molecule has 0 aliphatic carbocycles. The summed E-state index contributed by atoms with van der Waals surface area (Å²) in [5.41, 5.74) is 0.820. The van der Waals surface area contributed by atoms with Crippen LogP contribution in [-0.4, -0.2) is 59.1 Å². The third-order valence-electron chi connectivity index (χ3n) is 4.57. The van der Waals surface area contributed by atoms with E-state index in [1.54, 1.807) is 20.4 Å². The topological polar surface area (TPSA) is 85.4 Å². The minimum absolute atomic E-state index is 0.0536. The van der Waals surface area contributed by atoms with Gasteiger partial charge in [0.15, 0.2) is 6.67 Å². The second-order valence-corrected chi connectivity index (χ2v) is 9.43. The number of hydrogen-bond acceptors (Lipinski definition) is 6. The van der Waals surface area contributed by atoms with Gasteiger partial charge in [0.25, 0.3) is 0 Å². The first-order valence-corrected chi connectivity index (χ1v) is 11.3. The molecular formula is C17H21N6O2S2+. The van der Waals surface area contributed by atoms with Crippen LogP contribution in [0.1, 0.15) is 5.56 Å². The second-order valence-electron chi connectivity index (χ2n) is 6.51. The molecule has 1 aromatic carbocycles. The molecule has 0 bridgehead atoms. The van der Waals surface area contributed by atoms with E-state index in [1.165, 1.54) is 4.90 Å². The van der Waals surface area contributed by atoms with Gasteiger partial charge in [-0.2, -0.15) is 4.31 Å². The van der Waals surface area contributed by atoms with Crippen molar-refractivity contribution >= 4 is 21.4 Å². The molecule has 1 saturated heterocycles. The molecular weight excluding hydrogens is 384 g/mol. The van der Waals surface area contributed by atoms with E-state index in [0.29, 0.717) is 25.6 Å². The van der Waals surface area contributed by atoms with E-state index in [4.69, 9.17) is 0 Å². The van der Waals surface area contributed by atoms with E-state index in [9.17, 15) is 8.42 Å². The molecule has 3 heterocycles. The fraction of sp³-hybridized carbons (Fsp3) is 0.353. The number of thiophene rings is 1. The molecule has 27 heavy (non-hydrogen) atoms. The predicted molar refractivity (Wildman–Crippen MR) is 102 cm³/mol. The van der Waals surface area contributed by atoms with E-state index < -0.39 is 10.0 Å². The summed E-state index contributed by atoms with van der Waals surface area (Å²) in [6.07, 6.45) is 0. The SMILES string of the molecule is O=S(=O)(Cc1ccccc1)N1CC[NH+](Cn2nnc(-c3cccs3)n2)CC1. The molecule has 0 atom stereocenters. The second kappa shape index (κ2) is 7.85. The maximum Gasteiger partial charge on any atom is 0.218 e. The standard InChI is InChI=1S/C17H20N6O2S2/c24-27(25,13-15-5-2-1-3-6-15)22-10-8-21(9-11-22)14-23-19-17(18-20-23)16-7-4-12-26-16/h1-7,12H,8-11,13-14H2/p+1. The van der Waals surface area contributed by atoms with E-state index in [1.807, 2.05) is 47.8 Å². The van der Waals surface area contributed by atoms with Crippen LogP contribution < -0.4 is 4.90 Å². The Kier molecular flexibility index (Phi) is 5.30. The molecule has 2 aromatic heterocycles. The van der Waals surface area contributed by atoms with Gasteiger partial charge in [0.05, 0.1) is 36.8 Å². The average Bonchev–Trinajstić information content (AvgIpc) is 3.34. The Balaban J connectivity index is 1.32. The summed E-state index contributed by atoms with van der Waals surface area (Å²) in [5, 5.41) is 14.6. The Morgan fingerprint density at radius 2 is 1.85 bits per heavy atom. The van der Waals surface area contributed by atoms with Crippen LogP contribution in [-0.2, 0) is 22.4 Å². The molecule has 4 rings (SSSR count). The lowest BCUT2D eigenvalue weighted by molar-refractivity contribution is -0.927. The zero-order valence-corrected chi connectivity index (χ0v) is 16.4. The lowest BCUT2D eigenvalue weighted by atomic mass is 10.2. The molecule has 1 aliphatic rings. The van der Waals surface area contributed by atoms with Crippen LogP contribution in [0.5, 0.6) is 0 Å². The third-order valence-corrected chi connectivity index (χ3v) is 7.29. The Morgan fingerprint density at radius 1 is 1.07 bits per heavy atom. The highest BCUT2D eigenvalue weighted by Gasteiger charge is 2.29. The molecule has 10 heteroatoms. The number of nitrogens with zero attached hydrogens (tertiary/aromatic N) is 5. The van der Waals surface area contributed by atoms with E-state index >= 15 is 0 Å². The molecule has 8 nitrogen and oxygen atoms in total. The first kappa shape index (κ1) is 18.2. The summed E-state index contributed by atoms with van der Waals surface area (Å²) >= 11 is 1.58. The van der Waals surface area contributed by atoms with Gasteiger partial charge in [0.2, 0.25) is 15.8 Å². The normalized spacial score (nSPS) is 16.6. The molecule has 3 aromatic rings.